The summed E-state index contributed by atoms with van der Waals surface area (Å²) in [5.74, 6) is -2.94. The van der Waals surface area contributed by atoms with E-state index in [4.69, 9.17) is 13.8 Å². The van der Waals surface area contributed by atoms with Gasteiger partial charge >= 0.3 is 13.9 Å². The molecule has 12 heteroatoms. The van der Waals surface area contributed by atoms with E-state index >= 15 is 4.39 Å². The number of halogens is 2. The molecule has 1 aromatic carbocycles. The Morgan fingerprint density at radius 2 is 2.00 bits per heavy atom. The van der Waals surface area contributed by atoms with E-state index in [9.17, 15) is 23.7 Å². The van der Waals surface area contributed by atoms with Crippen molar-refractivity contribution in [3.05, 3.63) is 75.6 Å². The van der Waals surface area contributed by atoms with Crippen molar-refractivity contribution in [3.63, 3.8) is 0 Å². The highest BCUT2D eigenvalue weighted by molar-refractivity contribution is 7.33. The SMILES string of the molecule is C=C(C)C(O)[C@@](F)(CO[PH](=O)Oc1ccccc1)O[C@H](CF)n1ccc(=O)[nH]c1=O. The van der Waals surface area contributed by atoms with Crippen LogP contribution in [0.3, 0.4) is 0 Å². The Hall–Kier alpha value is -2.59. The van der Waals surface area contributed by atoms with Gasteiger partial charge in [0, 0.05) is 12.3 Å². The zero-order chi connectivity index (χ0) is 22.3. The lowest BCUT2D eigenvalue weighted by molar-refractivity contribution is -0.256. The molecule has 0 aliphatic heterocycles. The Labute approximate surface area is 170 Å². The molecular weight excluding hydrogens is 425 g/mol. The molecule has 2 aromatic rings. The van der Waals surface area contributed by atoms with Crippen molar-refractivity contribution >= 4 is 8.25 Å². The summed E-state index contributed by atoms with van der Waals surface area (Å²) in [5.41, 5.74) is -1.90. The Balaban J connectivity index is 2.20. The van der Waals surface area contributed by atoms with Gasteiger partial charge in [-0.2, -0.15) is 0 Å². The number of nitrogens with zero attached hydrogens (tertiary/aromatic N) is 1. The number of rotatable bonds is 11. The summed E-state index contributed by atoms with van der Waals surface area (Å²) in [6, 6.07) is 8.83. The van der Waals surface area contributed by atoms with Crippen molar-refractivity contribution in [2.45, 2.75) is 25.1 Å². The third-order valence-electron chi connectivity index (χ3n) is 3.83. The summed E-state index contributed by atoms with van der Waals surface area (Å²) in [6.45, 7) is 2.18. The van der Waals surface area contributed by atoms with Crippen LogP contribution in [-0.4, -0.2) is 39.9 Å². The Kier molecular flexibility index (Phi) is 8.24. The number of aliphatic hydroxyl groups excluding tert-OH is 1. The molecule has 4 atom stereocenters. The maximum absolute atomic E-state index is 15.5. The van der Waals surface area contributed by atoms with E-state index < -0.39 is 51.0 Å². The number of hydrogen-bond acceptors (Lipinski definition) is 7. The number of ether oxygens (including phenoxy) is 1. The summed E-state index contributed by atoms with van der Waals surface area (Å²) in [4.78, 5) is 24.9. The van der Waals surface area contributed by atoms with Crippen LogP contribution < -0.4 is 15.8 Å². The lowest BCUT2D eigenvalue weighted by Crippen LogP contribution is -2.48. The van der Waals surface area contributed by atoms with E-state index in [2.05, 4.69) is 6.58 Å². The minimum absolute atomic E-state index is 0.101. The molecule has 0 radical (unpaired) electrons. The zero-order valence-electron chi connectivity index (χ0n) is 15.9. The molecule has 1 heterocycles. The van der Waals surface area contributed by atoms with E-state index in [0.29, 0.717) is 4.57 Å². The summed E-state index contributed by atoms with van der Waals surface area (Å²) in [7, 11) is -3.27. The van der Waals surface area contributed by atoms with E-state index in [1.807, 2.05) is 4.98 Å². The molecule has 0 saturated heterocycles. The molecule has 0 amide bonds. The van der Waals surface area contributed by atoms with Crippen LogP contribution in [0, 0.1) is 0 Å². The number of aliphatic hydroxyl groups is 1. The zero-order valence-corrected chi connectivity index (χ0v) is 16.9. The predicted molar refractivity (Wildman–Crippen MR) is 104 cm³/mol. The first-order chi connectivity index (χ1) is 14.2. The van der Waals surface area contributed by atoms with Gasteiger partial charge in [-0.15, -0.1) is 0 Å². The molecule has 2 rings (SSSR count). The molecule has 2 unspecified atom stereocenters. The van der Waals surface area contributed by atoms with Gasteiger partial charge in [-0.3, -0.25) is 18.9 Å². The number of H-pyrrole nitrogens is 1. The highest BCUT2D eigenvalue weighted by Crippen LogP contribution is 2.34. The molecule has 0 aliphatic carbocycles. The summed E-state index contributed by atoms with van der Waals surface area (Å²) < 4.78 is 56.5. The van der Waals surface area contributed by atoms with Crippen LogP contribution in [0.4, 0.5) is 8.78 Å². The maximum Gasteiger partial charge on any atom is 0.368 e. The standard InChI is InChI=1S/C18H21F2N2O7P/c1-12(2)16(24)18(20,11-27-30(26)29-13-6-4-3-5-7-13)28-15(10-19)22-9-8-14(23)21-17(22)25/h3-9,15-16,24,30H,1,10-11H2,2H3,(H,21,23,25)/t15-,16?,18-/m1/s1. The van der Waals surface area contributed by atoms with Gasteiger partial charge in [0.25, 0.3) is 11.4 Å². The van der Waals surface area contributed by atoms with Crippen LogP contribution in [0.2, 0.25) is 0 Å². The van der Waals surface area contributed by atoms with Gasteiger partial charge in [-0.25, -0.2) is 18.1 Å². The second-order valence-electron chi connectivity index (χ2n) is 6.23. The van der Waals surface area contributed by atoms with Crippen LogP contribution in [0.15, 0.2) is 64.3 Å². The maximum atomic E-state index is 15.5. The topological polar surface area (TPSA) is 120 Å². The van der Waals surface area contributed by atoms with Gasteiger partial charge in [0.05, 0.1) is 0 Å². The average Bonchev–Trinajstić information content (AvgIpc) is 2.71. The van der Waals surface area contributed by atoms with E-state index in [1.54, 1.807) is 18.2 Å². The number of nitrogens with one attached hydrogen (secondary N) is 1. The van der Waals surface area contributed by atoms with Gasteiger partial charge in [0.2, 0.25) is 0 Å². The van der Waals surface area contributed by atoms with Gasteiger partial charge in [0.1, 0.15) is 25.1 Å². The summed E-state index contributed by atoms with van der Waals surface area (Å²) >= 11 is 0. The van der Waals surface area contributed by atoms with Gasteiger partial charge < -0.3 is 14.4 Å². The highest BCUT2D eigenvalue weighted by atomic mass is 31.1. The fraction of sp³-hybridized carbons (Fsp3) is 0.333. The minimum atomic E-state index is -3.27. The smallest absolute Gasteiger partial charge is 0.368 e. The van der Waals surface area contributed by atoms with Crippen molar-refractivity contribution in [3.8, 4) is 5.75 Å². The van der Waals surface area contributed by atoms with Gasteiger partial charge in [-0.1, -0.05) is 24.8 Å². The Morgan fingerprint density at radius 1 is 1.33 bits per heavy atom. The second kappa shape index (κ2) is 10.4. The molecule has 0 bridgehead atoms. The summed E-state index contributed by atoms with van der Waals surface area (Å²) in [6.07, 6.45) is -2.98. The van der Waals surface area contributed by atoms with Crippen molar-refractivity contribution in [1.82, 2.24) is 9.55 Å². The van der Waals surface area contributed by atoms with Crippen LogP contribution in [0.1, 0.15) is 13.2 Å². The first kappa shape index (κ1) is 23.7. The third-order valence-corrected chi connectivity index (χ3v) is 4.61. The van der Waals surface area contributed by atoms with Gasteiger partial charge in [-0.05, 0) is 24.6 Å². The van der Waals surface area contributed by atoms with E-state index in [0.717, 1.165) is 12.3 Å². The van der Waals surface area contributed by atoms with Crippen molar-refractivity contribution in [2.24, 2.45) is 0 Å². The van der Waals surface area contributed by atoms with Crippen LogP contribution in [0.25, 0.3) is 0 Å². The molecular formula is C18H21F2N2O7P. The fourth-order valence-electron chi connectivity index (χ4n) is 2.36. The molecule has 0 fully saturated rings. The van der Waals surface area contributed by atoms with Crippen molar-refractivity contribution in [1.29, 1.82) is 0 Å². The van der Waals surface area contributed by atoms with Crippen molar-refractivity contribution in [2.75, 3.05) is 13.3 Å². The number of benzene rings is 1. The minimum Gasteiger partial charge on any atom is -0.426 e. The molecule has 0 aliphatic rings. The first-order valence-electron chi connectivity index (χ1n) is 8.63. The Bertz CT molecular complexity index is 998. The molecule has 164 valence electrons. The summed E-state index contributed by atoms with van der Waals surface area (Å²) in [5, 5.41) is 10.2. The molecule has 2 N–H and O–H groups in total. The van der Waals surface area contributed by atoms with E-state index in [-0.39, 0.29) is 11.3 Å². The largest absolute Gasteiger partial charge is 0.426 e. The quantitative estimate of drug-likeness (QED) is 0.401. The lowest BCUT2D eigenvalue weighted by Gasteiger charge is -2.33. The molecule has 1 aromatic heterocycles. The van der Waals surface area contributed by atoms with E-state index in [1.165, 1.54) is 19.1 Å². The first-order valence-corrected chi connectivity index (χ1v) is 9.86. The fourth-order valence-corrected chi connectivity index (χ4v) is 3.06. The second-order valence-corrected chi connectivity index (χ2v) is 7.23. The predicted octanol–water partition coefficient (Wildman–Crippen LogP) is 2.11. The molecule has 9 nitrogen and oxygen atoms in total. The highest BCUT2D eigenvalue weighted by Gasteiger charge is 2.44. The number of alkyl halides is 2. The van der Waals surface area contributed by atoms with Crippen LogP contribution >= 0.6 is 8.25 Å². The van der Waals surface area contributed by atoms with Crippen LogP contribution in [-0.2, 0) is 13.8 Å². The molecule has 0 spiro atoms. The normalized spacial score (nSPS) is 16.3. The molecule has 30 heavy (non-hydrogen) atoms. The number of aromatic amines is 1. The number of aromatic nitrogens is 2. The average molecular weight is 446 g/mol. The monoisotopic (exact) mass is 446 g/mol. The third kappa shape index (κ3) is 6.20. The number of hydrogen-bond donors (Lipinski definition) is 2. The Morgan fingerprint density at radius 3 is 2.57 bits per heavy atom. The van der Waals surface area contributed by atoms with Gasteiger partial charge in [0.15, 0.2) is 6.23 Å². The number of para-hydroxylation sites is 1. The molecule has 0 saturated carbocycles. The van der Waals surface area contributed by atoms with Crippen molar-refractivity contribution < 1.29 is 32.2 Å². The van der Waals surface area contributed by atoms with Crippen LogP contribution in [0.5, 0.6) is 5.75 Å². The lowest BCUT2D eigenvalue weighted by atomic mass is 10.1.